The predicted molar refractivity (Wildman–Crippen MR) is 74.3 cm³/mol. The summed E-state index contributed by atoms with van der Waals surface area (Å²) in [6.45, 7) is 6.27. The number of fused-ring (bicyclic) bond motifs is 2. The average molecular weight is 231 g/mol. The van der Waals surface area contributed by atoms with Crippen LogP contribution in [0.25, 0.3) is 0 Å². The van der Waals surface area contributed by atoms with Crippen molar-refractivity contribution in [3.05, 3.63) is 35.4 Å². The van der Waals surface area contributed by atoms with E-state index in [9.17, 15) is 0 Å². The first-order chi connectivity index (χ1) is 8.41. The lowest BCUT2D eigenvalue weighted by molar-refractivity contribution is 0.264. The zero-order valence-corrected chi connectivity index (χ0v) is 11.3. The van der Waals surface area contributed by atoms with Crippen LogP contribution in [0.15, 0.2) is 24.3 Å². The zero-order chi connectivity index (χ0) is 12.1. The average Bonchev–Trinajstić information content (AvgIpc) is 2.43. The molecule has 1 aromatic carbocycles. The van der Waals surface area contributed by atoms with E-state index in [4.69, 9.17) is 0 Å². The lowest BCUT2D eigenvalue weighted by Gasteiger charge is -2.42. The Labute approximate surface area is 106 Å². The highest BCUT2D eigenvalue weighted by molar-refractivity contribution is 5.37. The molecule has 3 rings (SSSR count). The van der Waals surface area contributed by atoms with Crippen LogP contribution in [0.3, 0.4) is 0 Å². The summed E-state index contributed by atoms with van der Waals surface area (Å²) >= 11 is 0. The second kappa shape index (κ2) is 5.68. The van der Waals surface area contributed by atoms with Gasteiger partial charge < -0.3 is 5.32 Å². The Kier molecular flexibility index (Phi) is 4.22. The third-order valence-corrected chi connectivity index (χ3v) is 4.18. The Morgan fingerprint density at radius 2 is 1.71 bits per heavy atom. The van der Waals surface area contributed by atoms with Crippen LogP contribution in [0.1, 0.15) is 57.1 Å². The summed E-state index contributed by atoms with van der Waals surface area (Å²) in [6, 6.07) is 9.03. The summed E-state index contributed by atoms with van der Waals surface area (Å²) in [5.74, 6) is 0. The number of benzene rings is 1. The van der Waals surface area contributed by atoms with Crippen molar-refractivity contribution in [3.63, 3.8) is 0 Å². The van der Waals surface area contributed by atoms with Crippen molar-refractivity contribution in [2.24, 2.45) is 0 Å². The van der Waals surface area contributed by atoms with Crippen molar-refractivity contribution >= 4 is 0 Å². The third kappa shape index (κ3) is 2.40. The van der Waals surface area contributed by atoms with E-state index in [1.807, 2.05) is 13.8 Å². The Morgan fingerprint density at radius 1 is 1.00 bits per heavy atom. The van der Waals surface area contributed by atoms with Gasteiger partial charge in [-0.3, -0.25) is 0 Å². The molecule has 1 fully saturated rings. The van der Waals surface area contributed by atoms with E-state index in [1.54, 1.807) is 5.56 Å². The van der Waals surface area contributed by atoms with Crippen molar-refractivity contribution in [1.82, 2.24) is 5.32 Å². The van der Waals surface area contributed by atoms with Gasteiger partial charge >= 0.3 is 0 Å². The molecule has 2 aliphatic rings. The quantitative estimate of drug-likeness (QED) is 0.711. The molecule has 1 aliphatic heterocycles. The standard InChI is InChI=1S/C14H19N.C2H6/c1-4-8-14(9-5-1)11-15-10-12-6-2-3-7-13(12)14;1-2/h2-3,6-7,15H,1,4-5,8-11H2;1-2H3. The fourth-order valence-electron chi connectivity index (χ4n) is 3.40. The second-order valence-corrected chi connectivity index (χ2v) is 5.10. The van der Waals surface area contributed by atoms with Gasteiger partial charge in [-0.25, -0.2) is 0 Å². The molecule has 0 saturated heterocycles. The molecule has 1 N–H and O–H groups in total. The monoisotopic (exact) mass is 231 g/mol. The van der Waals surface area contributed by atoms with Gasteiger partial charge in [-0.2, -0.15) is 0 Å². The van der Waals surface area contributed by atoms with Gasteiger partial charge in [-0.05, 0) is 24.0 Å². The molecule has 0 atom stereocenters. The maximum absolute atomic E-state index is 3.60. The van der Waals surface area contributed by atoms with Crippen LogP contribution in [0.2, 0.25) is 0 Å². The molecule has 0 bridgehead atoms. The van der Waals surface area contributed by atoms with Gasteiger partial charge in [0.1, 0.15) is 0 Å². The Balaban J connectivity index is 0.000000514. The summed E-state index contributed by atoms with van der Waals surface area (Å²) < 4.78 is 0. The molecule has 17 heavy (non-hydrogen) atoms. The largest absolute Gasteiger partial charge is 0.312 e. The molecule has 0 amide bonds. The molecule has 1 saturated carbocycles. The number of nitrogens with one attached hydrogen (secondary N) is 1. The summed E-state index contributed by atoms with van der Waals surface area (Å²) in [7, 11) is 0. The van der Waals surface area contributed by atoms with Gasteiger partial charge in [0.05, 0.1) is 0 Å². The summed E-state index contributed by atoms with van der Waals surface area (Å²) in [6.07, 6.45) is 7.03. The molecule has 0 radical (unpaired) electrons. The SMILES string of the molecule is CC.c1ccc2c(c1)CNCC21CCCCC1. The maximum atomic E-state index is 3.60. The van der Waals surface area contributed by atoms with Crippen molar-refractivity contribution in [1.29, 1.82) is 0 Å². The summed E-state index contributed by atoms with van der Waals surface area (Å²) in [5, 5.41) is 3.60. The first-order valence-corrected chi connectivity index (χ1v) is 7.20. The molecular weight excluding hydrogens is 206 g/mol. The minimum atomic E-state index is 0.479. The minimum Gasteiger partial charge on any atom is -0.312 e. The lowest BCUT2D eigenvalue weighted by atomic mass is 9.67. The van der Waals surface area contributed by atoms with Gasteiger partial charge in [0.2, 0.25) is 0 Å². The van der Waals surface area contributed by atoms with Gasteiger partial charge in [0, 0.05) is 18.5 Å². The normalized spacial score (nSPS) is 21.3. The molecule has 0 aromatic heterocycles. The highest BCUT2D eigenvalue weighted by Gasteiger charge is 2.36. The molecular formula is C16H25N. The molecule has 1 spiro atoms. The fourth-order valence-corrected chi connectivity index (χ4v) is 3.40. The summed E-state index contributed by atoms with van der Waals surface area (Å²) in [4.78, 5) is 0. The number of hydrogen-bond donors (Lipinski definition) is 1. The van der Waals surface area contributed by atoms with Crippen LogP contribution in [-0.2, 0) is 12.0 Å². The van der Waals surface area contributed by atoms with E-state index in [1.165, 1.54) is 44.2 Å². The minimum absolute atomic E-state index is 0.479. The van der Waals surface area contributed by atoms with Crippen LogP contribution >= 0.6 is 0 Å². The van der Waals surface area contributed by atoms with Crippen molar-refractivity contribution in [2.45, 2.75) is 57.9 Å². The Morgan fingerprint density at radius 3 is 2.47 bits per heavy atom. The molecule has 1 nitrogen and oxygen atoms in total. The van der Waals surface area contributed by atoms with Crippen molar-refractivity contribution in [2.75, 3.05) is 6.54 Å². The van der Waals surface area contributed by atoms with Gasteiger partial charge in [0.15, 0.2) is 0 Å². The van der Waals surface area contributed by atoms with Crippen LogP contribution < -0.4 is 5.32 Å². The van der Waals surface area contributed by atoms with Crippen LogP contribution in [0.4, 0.5) is 0 Å². The molecule has 94 valence electrons. The topological polar surface area (TPSA) is 12.0 Å². The zero-order valence-electron chi connectivity index (χ0n) is 11.3. The Hall–Kier alpha value is -0.820. The van der Waals surface area contributed by atoms with Gasteiger partial charge in [-0.1, -0.05) is 57.4 Å². The third-order valence-electron chi connectivity index (χ3n) is 4.18. The molecule has 1 aromatic rings. The van der Waals surface area contributed by atoms with E-state index in [0.29, 0.717) is 5.41 Å². The van der Waals surface area contributed by atoms with Gasteiger partial charge in [0.25, 0.3) is 0 Å². The van der Waals surface area contributed by atoms with E-state index >= 15 is 0 Å². The first-order valence-electron chi connectivity index (χ1n) is 7.20. The number of rotatable bonds is 0. The maximum Gasteiger partial charge on any atom is 0.0208 e. The van der Waals surface area contributed by atoms with E-state index in [0.717, 1.165) is 6.54 Å². The number of hydrogen-bond acceptors (Lipinski definition) is 1. The highest BCUT2D eigenvalue weighted by Crippen LogP contribution is 2.42. The van der Waals surface area contributed by atoms with Gasteiger partial charge in [-0.15, -0.1) is 0 Å². The van der Waals surface area contributed by atoms with Crippen molar-refractivity contribution in [3.8, 4) is 0 Å². The molecule has 1 heterocycles. The summed E-state index contributed by atoms with van der Waals surface area (Å²) in [5.41, 5.74) is 3.65. The molecule has 1 heteroatoms. The smallest absolute Gasteiger partial charge is 0.0208 e. The van der Waals surface area contributed by atoms with E-state index < -0.39 is 0 Å². The van der Waals surface area contributed by atoms with Crippen LogP contribution in [0, 0.1) is 0 Å². The second-order valence-electron chi connectivity index (χ2n) is 5.10. The highest BCUT2D eigenvalue weighted by atomic mass is 14.9. The van der Waals surface area contributed by atoms with Crippen LogP contribution in [-0.4, -0.2) is 6.54 Å². The molecule has 0 unspecified atom stereocenters. The first kappa shape index (κ1) is 12.6. The lowest BCUT2D eigenvalue weighted by Crippen LogP contribution is -2.44. The van der Waals surface area contributed by atoms with Crippen LogP contribution in [0.5, 0.6) is 0 Å². The fraction of sp³-hybridized carbons (Fsp3) is 0.625. The van der Waals surface area contributed by atoms with E-state index in [2.05, 4.69) is 29.6 Å². The predicted octanol–water partition coefficient (Wildman–Crippen LogP) is 4.02. The molecule has 1 aliphatic carbocycles. The Bertz CT molecular complexity index is 350. The van der Waals surface area contributed by atoms with Crippen molar-refractivity contribution < 1.29 is 0 Å². The van der Waals surface area contributed by atoms with E-state index in [-0.39, 0.29) is 0 Å².